The molecule has 0 spiro atoms. The first-order valence-electron chi connectivity index (χ1n) is 9.55. The van der Waals surface area contributed by atoms with Crippen LogP contribution < -0.4 is 14.8 Å². The largest absolute Gasteiger partial charge is 0.495 e. The molecule has 9 nitrogen and oxygen atoms in total. The van der Waals surface area contributed by atoms with Crippen LogP contribution in [0.4, 0.5) is 11.5 Å². The third kappa shape index (κ3) is 5.55. The number of rotatable bonds is 8. The number of sulfonamides is 1. The van der Waals surface area contributed by atoms with E-state index in [1.54, 1.807) is 24.3 Å². The number of nitrogens with one attached hydrogen (secondary N) is 2. The van der Waals surface area contributed by atoms with Crippen LogP contribution in [0.3, 0.4) is 0 Å². The summed E-state index contributed by atoms with van der Waals surface area (Å²) in [5.74, 6) is 0.161. The van der Waals surface area contributed by atoms with Crippen LogP contribution in [0.25, 0.3) is 11.1 Å². The van der Waals surface area contributed by atoms with Crippen LogP contribution in [-0.4, -0.2) is 37.2 Å². The summed E-state index contributed by atoms with van der Waals surface area (Å²) in [4.78, 5) is 20.5. The predicted octanol–water partition coefficient (Wildman–Crippen LogP) is 5.07. The number of carbonyl (C=O) groups excluding carboxylic acids is 1. The summed E-state index contributed by atoms with van der Waals surface area (Å²) in [7, 11) is -2.45. The number of anilines is 2. The van der Waals surface area contributed by atoms with Crippen molar-refractivity contribution in [2.24, 2.45) is 0 Å². The standard InChI is InChI=1S/C21H16Cl2N4O5S2/c1-31-17-5-3-2-4-15(17)27-34(29,30)13-6-7-18-16(9-13)25-21(32-18)33-11-19(28)26-20-14(23)8-12(22)10-24-20/h2-10,27H,11H2,1H3,(H,24,26,28). The molecule has 34 heavy (non-hydrogen) atoms. The first-order chi connectivity index (χ1) is 16.2. The van der Waals surface area contributed by atoms with E-state index in [1.165, 1.54) is 37.6 Å². The van der Waals surface area contributed by atoms with E-state index in [2.05, 4.69) is 20.0 Å². The van der Waals surface area contributed by atoms with Gasteiger partial charge in [0.2, 0.25) is 5.91 Å². The molecule has 4 rings (SSSR count). The number of aromatic nitrogens is 2. The van der Waals surface area contributed by atoms with E-state index in [9.17, 15) is 13.2 Å². The maximum Gasteiger partial charge on any atom is 0.262 e. The van der Waals surface area contributed by atoms with E-state index in [4.69, 9.17) is 32.4 Å². The Morgan fingerprint density at radius 2 is 1.97 bits per heavy atom. The number of para-hydroxylation sites is 2. The summed E-state index contributed by atoms with van der Waals surface area (Å²) in [5.41, 5.74) is 1.01. The Balaban J connectivity index is 1.46. The van der Waals surface area contributed by atoms with Crippen LogP contribution in [0, 0.1) is 0 Å². The monoisotopic (exact) mass is 538 g/mol. The van der Waals surface area contributed by atoms with Gasteiger partial charge in [-0.3, -0.25) is 9.52 Å². The number of ether oxygens (including phenoxy) is 1. The third-order valence-electron chi connectivity index (χ3n) is 4.39. The topological polar surface area (TPSA) is 123 Å². The molecule has 0 saturated carbocycles. The van der Waals surface area contributed by atoms with Crippen LogP contribution >= 0.6 is 35.0 Å². The first kappa shape index (κ1) is 24.1. The van der Waals surface area contributed by atoms with Crippen LogP contribution in [-0.2, 0) is 14.8 Å². The molecule has 0 unspecified atom stereocenters. The normalized spacial score (nSPS) is 11.4. The molecule has 0 fully saturated rings. The zero-order chi connectivity index (χ0) is 24.3. The number of halogens is 2. The number of hydrogen-bond acceptors (Lipinski definition) is 8. The van der Waals surface area contributed by atoms with E-state index in [1.807, 2.05) is 0 Å². The van der Waals surface area contributed by atoms with Gasteiger partial charge in [0.15, 0.2) is 11.4 Å². The third-order valence-corrected chi connectivity index (χ3v) is 7.08. The minimum atomic E-state index is -3.91. The summed E-state index contributed by atoms with van der Waals surface area (Å²) in [6.07, 6.45) is 1.37. The van der Waals surface area contributed by atoms with Gasteiger partial charge in [0, 0.05) is 6.20 Å². The molecular formula is C21H16Cl2N4O5S2. The average molecular weight is 539 g/mol. The van der Waals surface area contributed by atoms with Gasteiger partial charge >= 0.3 is 0 Å². The minimum absolute atomic E-state index is 0.00282. The minimum Gasteiger partial charge on any atom is -0.495 e. The fourth-order valence-electron chi connectivity index (χ4n) is 2.85. The van der Waals surface area contributed by atoms with Crippen LogP contribution in [0.2, 0.25) is 10.0 Å². The lowest BCUT2D eigenvalue weighted by Crippen LogP contribution is -2.15. The van der Waals surface area contributed by atoms with Crippen molar-refractivity contribution in [1.82, 2.24) is 9.97 Å². The van der Waals surface area contributed by atoms with Crippen molar-refractivity contribution in [1.29, 1.82) is 0 Å². The number of thioether (sulfide) groups is 1. The van der Waals surface area contributed by atoms with Crippen molar-refractivity contribution < 1.29 is 22.4 Å². The first-order valence-corrected chi connectivity index (χ1v) is 12.8. The lowest BCUT2D eigenvalue weighted by atomic mass is 10.3. The van der Waals surface area contributed by atoms with Crippen LogP contribution in [0.5, 0.6) is 5.75 Å². The van der Waals surface area contributed by atoms with Gasteiger partial charge < -0.3 is 14.5 Å². The molecule has 176 valence electrons. The Bertz CT molecular complexity index is 1480. The van der Waals surface area contributed by atoms with Gasteiger partial charge in [-0.2, -0.15) is 0 Å². The van der Waals surface area contributed by atoms with Crippen molar-refractivity contribution in [3.8, 4) is 5.75 Å². The van der Waals surface area contributed by atoms with Gasteiger partial charge in [-0.25, -0.2) is 18.4 Å². The zero-order valence-electron chi connectivity index (χ0n) is 17.4. The summed E-state index contributed by atoms with van der Waals surface area (Å²) >= 11 is 12.8. The van der Waals surface area contributed by atoms with Crippen molar-refractivity contribution in [2.75, 3.05) is 22.9 Å². The van der Waals surface area contributed by atoms with Gasteiger partial charge in [0.25, 0.3) is 15.2 Å². The predicted molar refractivity (Wildman–Crippen MR) is 131 cm³/mol. The van der Waals surface area contributed by atoms with Gasteiger partial charge in [-0.15, -0.1) is 0 Å². The number of amides is 1. The molecule has 4 aromatic rings. The summed E-state index contributed by atoms with van der Waals surface area (Å²) in [6.45, 7) is 0. The number of pyridine rings is 1. The van der Waals surface area contributed by atoms with Gasteiger partial charge in [0.05, 0.1) is 33.5 Å². The molecule has 0 radical (unpaired) electrons. The molecule has 2 heterocycles. The molecule has 0 saturated heterocycles. The lowest BCUT2D eigenvalue weighted by molar-refractivity contribution is -0.113. The molecule has 2 aromatic heterocycles. The summed E-state index contributed by atoms with van der Waals surface area (Å²) in [5, 5.41) is 3.34. The second-order valence-electron chi connectivity index (χ2n) is 6.74. The molecule has 0 bridgehead atoms. The van der Waals surface area contributed by atoms with Crippen LogP contribution in [0.15, 0.2) is 69.3 Å². The maximum absolute atomic E-state index is 12.8. The maximum atomic E-state index is 12.8. The number of hydrogen-bond donors (Lipinski definition) is 2. The Morgan fingerprint density at radius 1 is 1.18 bits per heavy atom. The molecule has 0 aliphatic rings. The van der Waals surface area contributed by atoms with Gasteiger partial charge in [-0.05, 0) is 36.4 Å². The second kappa shape index (κ2) is 10.1. The van der Waals surface area contributed by atoms with Crippen molar-refractivity contribution in [3.05, 3.63) is 64.8 Å². The Hall–Kier alpha value is -2.99. The highest BCUT2D eigenvalue weighted by molar-refractivity contribution is 7.99. The zero-order valence-corrected chi connectivity index (χ0v) is 20.6. The van der Waals surface area contributed by atoms with Crippen molar-refractivity contribution in [3.63, 3.8) is 0 Å². The fourth-order valence-corrected chi connectivity index (χ4v) is 5.01. The highest BCUT2D eigenvalue weighted by Gasteiger charge is 2.19. The van der Waals surface area contributed by atoms with Gasteiger partial charge in [-0.1, -0.05) is 47.1 Å². The molecule has 2 aromatic carbocycles. The molecule has 0 aliphatic carbocycles. The molecule has 13 heteroatoms. The van der Waals surface area contributed by atoms with E-state index < -0.39 is 10.0 Å². The number of fused-ring (bicyclic) bond motifs is 1. The number of benzene rings is 2. The number of nitrogens with zero attached hydrogens (tertiary/aromatic N) is 2. The van der Waals surface area contributed by atoms with Crippen molar-refractivity contribution >= 4 is 73.5 Å². The van der Waals surface area contributed by atoms with E-state index in [0.717, 1.165) is 11.8 Å². The Morgan fingerprint density at radius 3 is 2.74 bits per heavy atom. The number of oxazole rings is 1. The highest BCUT2D eigenvalue weighted by Crippen LogP contribution is 2.29. The Kier molecular flexibility index (Phi) is 7.17. The second-order valence-corrected chi connectivity index (χ2v) is 10.2. The molecule has 1 amide bonds. The van der Waals surface area contributed by atoms with Crippen LogP contribution in [0.1, 0.15) is 0 Å². The lowest BCUT2D eigenvalue weighted by Gasteiger charge is -2.11. The van der Waals surface area contributed by atoms with E-state index in [0.29, 0.717) is 27.6 Å². The quantitative estimate of drug-likeness (QED) is 0.298. The molecule has 2 N–H and O–H groups in total. The molecule has 0 aliphatic heterocycles. The smallest absolute Gasteiger partial charge is 0.262 e. The number of methoxy groups -OCH3 is 1. The fraction of sp³-hybridized carbons (Fsp3) is 0.0952. The summed E-state index contributed by atoms with van der Waals surface area (Å²) in [6, 6.07) is 12.4. The number of carbonyl (C=O) groups is 1. The van der Waals surface area contributed by atoms with Gasteiger partial charge in [0.1, 0.15) is 11.3 Å². The average Bonchev–Trinajstić information content (AvgIpc) is 3.22. The molecular weight excluding hydrogens is 523 g/mol. The Labute approximate surface area is 208 Å². The molecule has 0 atom stereocenters. The summed E-state index contributed by atoms with van der Waals surface area (Å²) < 4.78 is 39.0. The van der Waals surface area contributed by atoms with E-state index in [-0.39, 0.29) is 32.6 Å². The highest BCUT2D eigenvalue weighted by atomic mass is 35.5. The van der Waals surface area contributed by atoms with Crippen molar-refractivity contribution in [2.45, 2.75) is 10.1 Å². The SMILES string of the molecule is COc1ccccc1NS(=O)(=O)c1ccc2oc(SCC(=O)Nc3ncc(Cl)cc3Cl)nc2c1. The van der Waals surface area contributed by atoms with E-state index >= 15 is 0 Å².